The Morgan fingerprint density at radius 2 is 1.75 bits per heavy atom. The Labute approximate surface area is 160 Å². The van der Waals surface area contributed by atoms with E-state index in [4.69, 9.17) is 0 Å². The summed E-state index contributed by atoms with van der Waals surface area (Å²) in [7, 11) is 1.75. The molecule has 3 aromatic rings. The lowest BCUT2D eigenvalue weighted by Gasteiger charge is -2.21. The minimum atomic E-state index is -4.43. The van der Waals surface area contributed by atoms with E-state index < -0.39 is 11.7 Å². The SMILES string of the molecule is CC(C)N(C)C(=O)c1ccc(-c2ccn(-c3ccc(C(F)(F)F)cn3)n2)cc1. The van der Waals surface area contributed by atoms with E-state index in [1.165, 1.54) is 10.7 Å². The van der Waals surface area contributed by atoms with Crippen molar-refractivity contribution in [1.82, 2.24) is 19.7 Å². The molecule has 0 unspecified atom stereocenters. The van der Waals surface area contributed by atoms with Gasteiger partial charge in [0.1, 0.15) is 0 Å². The van der Waals surface area contributed by atoms with Crippen LogP contribution in [0, 0.1) is 0 Å². The number of hydrogen-bond acceptors (Lipinski definition) is 3. The molecule has 0 saturated heterocycles. The smallest absolute Gasteiger partial charge is 0.339 e. The second kappa shape index (κ2) is 7.46. The molecule has 0 fully saturated rings. The highest BCUT2D eigenvalue weighted by molar-refractivity contribution is 5.94. The summed E-state index contributed by atoms with van der Waals surface area (Å²) in [5, 5.41) is 4.36. The van der Waals surface area contributed by atoms with Gasteiger partial charge in [0.2, 0.25) is 0 Å². The minimum absolute atomic E-state index is 0.0685. The van der Waals surface area contributed by atoms with E-state index in [9.17, 15) is 18.0 Å². The number of carbonyl (C=O) groups excluding carboxylic acids is 1. The van der Waals surface area contributed by atoms with Gasteiger partial charge in [0, 0.05) is 36.6 Å². The van der Waals surface area contributed by atoms with Crippen LogP contribution < -0.4 is 0 Å². The number of benzene rings is 1. The number of hydrogen-bond donors (Lipinski definition) is 0. The Kier molecular flexibility index (Phi) is 5.22. The fraction of sp³-hybridized carbons (Fsp3) is 0.250. The zero-order chi connectivity index (χ0) is 20.5. The van der Waals surface area contributed by atoms with Gasteiger partial charge in [-0.1, -0.05) is 12.1 Å². The minimum Gasteiger partial charge on any atom is -0.339 e. The molecule has 0 saturated carbocycles. The maximum atomic E-state index is 12.6. The van der Waals surface area contributed by atoms with Crippen molar-refractivity contribution in [2.75, 3.05) is 7.05 Å². The van der Waals surface area contributed by atoms with Gasteiger partial charge in [-0.2, -0.15) is 18.3 Å². The topological polar surface area (TPSA) is 51.0 Å². The predicted octanol–water partition coefficient (Wildman–Crippen LogP) is 4.43. The summed E-state index contributed by atoms with van der Waals surface area (Å²) in [5.41, 5.74) is 1.17. The van der Waals surface area contributed by atoms with Crippen molar-refractivity contribution in [3.63, 3.8) is 0 Å². The maximum Gasteiger partial charge on any atom is 0.417 e. The molecule has 28 heavy (non-hydrogen) atoms. The number of halogens is 3. The summed E-state index contributed by atoms with van der Waals surface area (Å²) in [6.07, 6.45) is -2.03. The van der Waals surface area contributed by atoms with Crippen molar-refractivity contribution in [3.05, 3.63) is 66.0 Å². The van der Waals surface area contributed by atoms with Crippen molar-refractivity contribution in [2.45, 2.75) is 26.1 Å². The molecule has 8 heteroatoms. The van der Waals surface area contributed by atoms with Crippen LogP contribution in [0.1, 0.15) is 29.8 Å². The summed E-state index contributed by atoms with van der Waals surface area (Å²) in [6.45, 7) is 3.88. The van der Waals surface area contributed by atoms with Gasteiger partial charge in [-0.25, -0.2) is 9.67 Å². The van der Waals surface area contributed by atoms with Crippen LogP contribution in [0.2, 0.25) is 0 Å². The van der Waals surface area contributed by atoms with Crippen LogP contribution in [-0.4, -0.2) is 38.7 Å². The van der Waals surface area contributed by atoms with Crippen molar-refractivity contribution in [2.24, 2.45) is 0 Å². The van der Waals surface area contributed by atoms with Crippen LogP contribution in [0.4, 0.5) is 13.2 Å². The maximum absolute atomic E-state index is 12.6. The van der Waals surface area contributed by atoms with Gasteiger partial charge >= 0.3 is 6.18 Å². The highest BCUT2D eigenvalue weighted by Gasteiger charge is 2.30. The number of carbonyl (C=O) groups is 1. The Morgan fingerprint density at radius 1 is 1.07 bits per heavy atom. The molecule has 0 spiro atoms. The summed E-state index contributed by atoms with van der Waals surface area (Å²) in [6, 6.07) is 11.1. The molecule has 1 amide bonds. The molecule has 0 aliphatic rings. The van der Waals surface area contributed by atoms with Crippen LogP contribution in [0.15, 0.2) is 54.9 Å². The van der Waals surface area contributed by atoms with Crippen molar-refractivity contribution in [3.8, 4) is 17.1 Å². The summed E-state index contributed by atoms with van der Waals surface area (Å²) < 4.78 is 39.3. The molecule has 2 heterocycles. The average molecular weight is 388 g/mol. The van der Waals surface area contributed by atoms with Gasteiger partial charge in [0.15, 0.2) is 5.82 Å². The number of alkyl halides is 3. The quantitative estimate of drug-likeness (QED) is 0.664. The van der Waals surface area contributed by atoms with Crippen LogP contribution >= 0.6 is 0 Å². The highest BCUT2D eigenvalue weighted by atomic mass is 19.4. The normalized spacial score (nSPS) is 11.7. The largest absolute Gasteiger partial charge is 0.417 e. The summed E-state index contributed by atoms with van der Waals surface area (Å²) in [4.78, 5) is 17.8. The monoisotopic (exact) mass is 388 g/mol. The number of rotatable bonds is 4. The van der Waals surface area contributed by atoms with Crippen molar-refractivity contribution >= 4 is 5.91 Å². The van der Waals surface area contributed by atoms with E-state index >= 15 is 0 Å². The molecule has 0 bridgehead atoms. The van der Waals surface area contributed by atoms with Gasteiger partial charge in [-0.15, -0.1) is 0 Å². The molecule has 5 nitrogen and oxygen atoms in total. The Morgan fingerprint density at radius 3 is 2.29 bits per heavy atom. The van der Waals surface area contributed by atoms with Gasteiger partial charge < -0.3 is 4.90 Å². The lowest BCUT2D eigenvalue weighted by molar-refractivity contribution is -0.137. The zero-order valence-corrected chi connectivity index (χ0v) is 15.6. The van der Waals surface area contributed by atoms with Gasteiger partial charge in [-0.3, -0.25) is 4.79 Å². The molecular formula is C20H19F3N4O. The molecule has 0 atom stereocenters. The molecule has 0 aliphatic heterocycles. The standard InChI is InChI=1S/C20H19F3N4O/c1-13(2)26(3)19(28)15-6-4-14(5-7-15)17-10-11-27(25-17)18-9-8-16(12-24-18)20(21,22)23/h4-13H,1-3H3. The van der Waals surface area contributed by atoms with Gasteiger partial charge in [-0.05, 0) is 44.2 Å². The fourth-order valence-electron chi connectivity index (χ4n) is 2.52. The summed E-state index contributed by atoms with van der Waals surface area (Å²) in [5.74, 6) is 0.214. The number of aromatic nitrogens is 3. The second-order valence-corrected chi connectivity index (χ2v) is 6.64. The van der Waals surface area contributed by atoms with E-state index in [1.807, 2.05) is 13.8 Å². The summed E-state index contributed by atoms with van der Waals surface area (Å²) >= 11 is 0. The molecule has 3 rings (SSSR count). The van der Waals surface area contributed by atoms with E-state index in [0.717, 1.165) is 17.8 Å². The third kappa shape index (κ3) is 4.05. The Bertz CT molecular complexity index is 960. The Hall–Kier alpha value is -3.16. The molecule has 0 aliphatic carbocycles. The lowest BCUT2D eigenvalue weighted by atomic mass is 10.1. The van der Waals surface area contributed by atoms with Crippen molar-refractivity contribution in [1.29, 1.82) is 0 Å². The average Bonchev–Trinajstić information content (AvgIpc) is 3.16. The first-order valence-corrected chi connectivity index (χ1v) is 8.63. The first kappa shape index (κ1) is 19.6. The van der Waals surface area contributed by atoms with E-state index in [2.05, 4.69) is 10.1 Å². The first-order valence-electron chi connectivity index (χ1n) is 8.63. The van der Waals surface area contributed by atoms with Gasteiger partial charge in [0.05, 0.1) is 11.3 Å². The number of nitrogens with zero attached hydrogens (tertiary/aromatic N) is 4. The fourth-order valence-corrected chi connectivity index (χ4v) is 2.52. The number of amides is 1. The number of pyridine rings is 1. The van der Waals surface area contributed by atoms with Crippen LogP contribution in [0.5, 0.6) is 0 Å². The molecular weight excluding hydrogens is 369 g/mol. The van der Waals surface area contributed by atoms with Crippen LogP contribution in [-0.2, 0) is 6.18 Å². The van der Waals surface area contributed by atoms with Crippen LogP contribution in [0.3, 0.4) is 0 Å². The molecule has 0 radical (unpaired) electrons. The van der Waals surface area contributed by atoms with E-state index in [-0.39, 0.29) is 17.8 Å². The molecule has 1 aromatic carbocycles. The first-order chi connectivity index (χ1) is 13.2. The third-order valence-electron chi connectivity index (χ3n) is 4.42. The van der Waals surface area contributed by atoms with E-state index in [1.54, 1.807) is 48.5 Å². The van der Waals surface area contributed by atoms with E-state index in [0.29, 0.717) is 11.3 Å². The second-order valence-electron chi connectivity index (χ2n) is 6.64. The predicted molar refractivity (Wildman–Crippen MR) is 99.0 cm³/mol. The highest BCUT2D eigenvalue weighted by Crippen LogP contribution is 2.28. The molecule has 0 N–H and O–H groups in total. The molecule has 2 aromatic heterocycles. The zero-order valence-electron chi connectivity index (χ0n) is 15.6. The molecule has 146 valence electrons. The van der Waals surface area contributed by atoms with Crippen LogP contribution in [0.25, 0.3) is 17.1 Å². The third-order valence-corrected chi connectivity index (χ3v) is 4.42. The van der Waals surface area contributed by atoms with Gasteiger partial charge in [0.25, 0.3) is 5.91 Å². The Balaban J connectivity index is 1.79. The lowest BCUT2D eigenvalue weighted by Crippen LogP contribution is -2.32. The van der Waals surface area contributed by atoms with Crippen molar-refractivity contribution < 1.29 is 18.0 Å².